The highest BCUT2D eigenvalue weighted by Crippen LogP contribution is 2.15. The normalized spacial score (nSPS) is 10.4. The molecule has 5 nitrogen and oxygen atoms in total. The Morgan fingerprint density at radius 3 is 2.32 bits per heavy atom. The van der Waals surface area contributed by atoms with Gasteiger partial charge in [-0.05, 0) is 45.9 Å². The van der Waals surface area contributed by atoms with Crippen LogP contribution in [-0.2, 0) is 0 Å². The van der Waals surface area contributed by atoms with Gasteiger partial charge < -0.3 is 10.2 Å². The molecule has 1 heterocycles. The zero-order valence-corrected chi connectivity index (χ0v) is 13.6. The highest BCUT2D eigenvalue weighted by Gasteiger charge is 2.15. The molecule has 0 aliphatic carbocycles. The van der Waals surface area contributed by atoms with E-state index < -0.39 is 0 Å². The fraction of sp³-hybridized carbons (Fsp3) is 0.353. The summed E-state index contributed by atoms with van der Waals surface area (Å²) in [7, 11) is 0. The first kappa shape index (κ1) is 15.9. The molecule has 1 N–H and O–H groups in total. The Morgan fingerprint density at radius 1 is 1.09 bits per heavy atom. The number of anilines is 2. The number of hydrogen-bond acceptors (Lipinski definition) is 4. The number of benzene rings is 1. The van der Waals surface area contributed by atoms with Gasteiger partial charge in [-0.1, -0.05) is 17.7 Å². The first-order chi connectivity index (χ1) is 10.5. The molecule has 116 valence electrons. The van der Waals surface area contributed by atoms with Crippen LogP contribution in [-0.4, -0.2) is 33.9 Å². The Bertz CT molecular complexity index is 648. The van der Waals surface area contributed by atoms with Gasteiger partial charge in [0.2, 0.25) is 5.95 Å². The highest BCUT2D eigenvalue weighted by atomic mass is 16.2. The molecular formula is C17H22N4O. The molecule has 0 unspecified atom stereocenters. The minimum absolute atomic E-state index is 0.0672. The standard InChI is InChI=1S/C17H22N4O/c1-5-21(6-2)16(22)15-11-13(4)18-17(20-15)19-14-9-7-12(3)8-10-14/h7-11H,5-6H2,1-4H3,(H,18,19,20). The Hall–Kier alpha value is -2.43. The van der Waals surface area contributed by atoms with E-state index in [2.05, 4.69) is 15.3 Å². The molecule has 0 radical (unpaired) electrons. The van der Waals surface area contributed by atoms with E-state index in [0.717, 1.165) is 11.4 Å². The first-order valence-electron chi connectivity index (χ1n) is 7.52. The van der Waals surface area contributed by atoms with E-state index in [1.54, 1.807) is 11.0 Å². The molecule has 1 aromatic heterocycles. The number of nitrogens with zero attached hydrogens (tertiary/aromatic N) is 3. The third-order valence-corrected chi connectivity index (χ3v) is 3.43. The molecule has 0 aliphatic rings. The van der Waals surface area contributed by atoms with Crippen LogP contribution in [0.5, 0.6) is 0 Å². The predicted octanol–water partition coefficient (Wildman–Crippen LogP) is 3.32. The lowest BCUT2D eigenvalue weighted by molar-refractivity contribution is 0.0767. The molecule has 2 rings (SSSR count). The topological polar surface area (TPSA) is 58.1 Å². The van der Waals surface area contributed by atoms with Gasteiger partial charge in [-0.15, -0.1) is 0 Å². The van der Waals surface area contributed by atoms with Crippen molar-refractivity contribution in [2.45, 2.75) is 27.7 Å². The van der Waals surface area contributed by atoms with Crippen LogP contribution in [0, 0.1) is 13.8 Å². The molecule has 2 aromatic rings. The van der Waals surface area contributed by atoms with E-state index in [1.807, 2.05) is 52.0 Å². The van der Waals surface area contributed by atoms with Gasteiger partial charge in [0.15, 0.2) is 0 Å². The van der Waals surface area contributed by atoms with E-state index in [1.165, 1.54) is 5.56 Å². The summed E-state index contributed by atoms with van der Waals surface area (Å²) in [5.41, 5.74) is 3.27. The monoisotopic (exact) mass is 298 g/mol. The SMILES string of the molecule is CCN(CC)C(=O)c1cc(C)nc(Nc2ccc(C)cc2)n1. The number of aromatic nitrogens is 2. The number of rotatable bonds is 5. The summed E-state index contributed by atoms with van der Waals surface area (Å²) in [6.07, 6.45) is 0. The summed E-state index contributed by atoms with van der Waals surface area (Å²) in [5, 5.41) is 3.15. The summed E-state index contributed by atoms with van der Waals surface area (Å²) >= 11 is 0. The van der Waals surface area contributed by atoms with Crippen molar-refractivity contribution >= 4 is 17.5 Å². The lowest BCUT2D eigenvalue weighted by Gasteiger charge is -2.18. The molecule has 5 heteroatoms. The van der Waals surface area contributed by atoms with Crippen molar-refractivity contribution in [3.8, 4) is 0 Å². The van der Waals surface area contributed by atoms with Crippen molar-refractivity contribution in [2.75, 3.05) is 18.4 Å². The van der Waals surface area contributed by atoms with Gasteiger partial charge in [0.05, 0.1) is 0 Å². The van der Waals surface area contributed by atoms with Crippen LogP contribution in [0.25, 0.3) is 0 Å². The molecule has 1 amide bonds. The second-order valence-corrected chi connectivity index (χ2v) is 5.19. The largest absolute Gasteiger partial charge is 0.338 e. The Labute approximate surface area is 131 Å². The van der Waals surface area contributed by atoms with Gasteiger partial charge in [-0.25, -0.2) is 9.97 Å². The second-order valence-electron chi connectivity index (χ2n) is 5.19. The van der Waals surface area contributed by atoms with E-state index in [0.29, 0.717) is 24.7 Å². The van der Waals surface area contributed by atoms with Gasteiger partial charge in [-0.2, -0.15) is 0 Å². The van der Waals surface area contributed by atoms with Gasteiger partial charge in [-0.3, -0.25) is 4.79 Å². The second kappa shape index (κ2) is 7.02. The van der Waals surface area contributed by atoms with Gasteiger partial charge in [0.1, 0.15) is 5.69 Å². The molecule has 0 spiro atoms. The Morgan fingerprint density at radius 2 is 1.73 bits per heavy atom. The molecule has 0 fully saturated rings. The quantitative estimate of drug-likeness (QED) is 0.920. The lowest BCUT2D eigenvalue weighted by Crippen LogP contribution is -2.31. The average Bonchev–Trinajstić information content (AvgIpc) is 2.50. The molecule has 0 saturated carbocycles. The zero-order chi connectivity index (χ0) is 16.1. The first-order valence-corrected chi connectivity index (χ1v) is 7.52. The lowest BCUT2D eigenvalue weighted by atomic mass is 10.2. The van der Waals surface area contributed by atoms with Crippen LogP contribution in [0.1, 0.15) is 35.6 Å². The summed E-state index contributed by atoms with van der Waals surface area (Å²) in [4.78, 5) is 22.9. The third kappa shape index (κ3) is 3.81. The van der Waals surface area contributed by atoms with Crippen molar-refractivity contribution in [2.24, 2.45) is 0 Å². The number of carbonyl (C=O) groups excluding carboxylic acids is 1. The van der Waals surface area contributed by atoms with Crippen molar-refractivity contribution in [1.82, 2.24) is 14.9 Å². The van der Waals surface area contributed by atoms with E-state index in [9.17, 15) is 4.79 Å². The van der Waals surface area contributed by atoms with Gasteiger partial charge in [0, 0.05) is 24.5 Å². The van der Waals surface area contributed by atoms with Crippen molar-refractivity contribution in [3.05, 3.63) is 47.3 Å². The van der Waals surface area contributed by atoms with Crippen molar-refractivity contribution in [1.29, 1.82) is 0 Å². The molecular weight excluding hydrogens is 276 g/mol. The minimum Gasteiger partial charge on any atom is -0.338 e. The van der Waals surface area contributed by atoms with Crippen LogP contribution in [0.3, 0.4) is 0 Å². The molecule has 22 heavy (non-hydrogen) atoms. The fourth-order valence-corrected chi connectivity index (χ4v) is 2.17. The maximum Gasteiger partial charge on any atom is 0.272 e. The molecule has 0 bridgehead atoms. The fourth-order valence-electron chi connectivity index (χ4n) is 2.17. The maximum atomic E-state index is 12.4. The average molecular weight is 298 g/mol. The molecule has 0 saturated heterocycles. The molecule has 1 aromatic carbocycles. The van der Waals surface area contributed by atoms with Crippen LogP contribution < -0.4 is 5.32 Å². The van der Waals surface area contributed by atoms with E-state index in [-0.39, 0.29) is 5.91 Å². The summed E-state index contributed by atoms with van der Waals surface area (Å²) in [6, 6.07) is 9.68. The molecule has 0 aliphatic heterocycles. The number of amides is 1. The van der Waals surface area contributed by atoms with Crippen LogP contribution in [0.2, 0.25) is 0 Å². The van der Waals surface area contributed by atoms with Crippen molar-refractivity contribution in [3.63, 3.8) is 0 Å². The smallest absolute Gasteiger partial charge is 0.272 e. The van der Waals surface area contributed by atoms with E-state index in [4.69, 9.17) is 0 Å². The van der Waals surface area contributed by atoms with Gasteiger partial charge in [0.25, 0.3) is 5.91 Å². The van der Waals surface area contributed by atoms with Crippen molar-refractivity contribution < 1.29 is 4.79 Å². The number of carbonyl (C=O) groups is 1. The minimum atomic E-state index is -0.0672. The van der Waals surface area contributed by atoms with E-state index >= 15 is 0 Å². The summed E-state index contributed by atoms with van der Waals surface area (Å²) < 4.78 is 0. The van der Waals surface area contributed by atoms with Crippen LogP contribution in [0.15, 0.2) is 30.3 Å². The third-order valence-electron chi connectivity index (χ3n) is 3.43. The summed E-state index contributed by atoms with van der Waals surface area (Å²) in [6.45, 7) is 9.15. The van der Waals surface area contributed by atoms with Crippen LogP contribution >= 0.6 is 0 Å². The molecule has 0 atom stereocenters. The van der Waals surface area contributed by atoms with Crippen LogP contribution in [0.4, 0.5) is 11.6 Å². The zero-order valence-electron chi connectivity index (χ0n) is 13.6. The summed E-state index contributed by atoms with van der Waals surface area (Å²) in [5.74, 6) is 0.377. The predicted molar refractivity (Wildman–Crippen MR) is 88.5 cm³/mol. The number of aryl methyl sites for hydroxylation is 2. The van der Waals surface area contributed by atoms with Gasteiger partial charge >= 0.3 is 0 Å². The highest BCUT2D eigenvalue weighted by molar-refractivity contribution is 5.92. The Balaban J connectivity index is 2.26. The number of nitrogens with one attached hydrogen (secondary N) is 1. The number of hydrogen-bond donors (Lipinski definition) is 1. The maximum absolute atomic E-state index is 12.4. The Kier molecular flexibility index (Phi) is 5.09.